The van der Waals surface area contributed by atoms with Crippen LogP contribution in [0.1, 0.15) is 40.7 Å². The summed E-state index contributed by atoms with van der Waals surface area (Å²) < 4.78 is 0. The topological polar surface area (TPSA) is 158 Å². The minimum absolute atomic E-state index is 0.00505. The molecule has 0 aromatic heterocycles. The molecule has 3 rings (SSSR count). The van der Waals surface area contributed by atoms with Gasteiger partial charge in [-0.05, 0) is 49.3 Å². The van der Waals surface area contributed by atoms with Gasteiger partial charge in [0.05, 0.1) is 12.0 Å². The van der Waals surface area contributed by atoms with Gasteiger partial charge >= 0.3 is 0 Å². The Hall–Kier alpha value is -2.71. The van der Waals surface area contributed by atoms with E-state index >= 15 is 0 Å². The molecular formula is C20H23NO7. The molecule has 2 aliphatic carbocycles. The highest BCUT2D eigenvalue weighted by atomic mass is 16.3. The molecule has 2 aliphatic rings. The first-order chi connectivity index (χ1) is 13.1. The highest BCUT2D eigenvalue weighted by Crippen LogP contribution is 2.48. The van der Waals surface area contributed by atoms with E-state index in [0.29, 0.717) is 12.0 Å². The van der Waals surface area contributed by atoms with Crippen LogP contribution in [0.2, 0.25) is 0 Å². The quantitative estimate of drug-likeness (QED) is 0.457. The third-order valence-corrected chi connectivity index (χ3v) is 5.87. The van der Waals surface area contributed by atoms with Gasteiger partial charge in [-0.15, -0.1) is 0 Å². The summed E-state index contributed by atoms with van der Waals surface area (Å²) in [4.78, 5) is 36.9. The summed E-state index contributed by atoms with van der Waals surface area (Å²) >= 11 is 0. The smallest absolute Gasteiger partial charge is 0.225 e. The van der Waals surface area contributed by atoms with E-state index in [4.69, 9.17) is 5.73 Å². The number of nitrogens with two attached hydrogens (primary N) is 1. The first-order valence-electron chi connectivity index (χ1n) is 9.07. The maximum Gasteiger partial charge on any atom is 0.225 e. The maximum atomic E-state index is 13.1. The van der Waals surface area contributed by atoms with Crippen molar-refractivity contribution >= 4 is 17.5 Å². The minimum atomic E-state index is -2.49. The number of Topliss-reactive ketones (excluding diaryl/α,β-unsaturated/α-hetero) is 2. The number of phenols is 1. The molecule has 1 amide bonds. The summed E-state index contributed by atoms with van der Waals surface area (Å²) in [6.07, 6.45) is -0.325. The first kappa shape index (κ1) is 20.0. The highest BCUT2D eigenvalue weighted by molar-refractivity contribution is 6.14. The van der Waals surface area contributed by atoms with E-state index < -0.39 is 47.1 Å². The van der Waals surface area contributed by atoms with Crippen LogP contribution in [0.25, 0.3) is 0 Å². The van der Waals surface area contributed by atoms with Gasteiger partial charge in [-0.3, -0.25) is 14.4 Å². The second-order valence-corrected chi connectivity index (χ2v) is 7.53. The van der Waals surface area contributed by atoms with Gasteiger partial charge in [0.2, 0.25) is 5.91 Å². The fourth-order valence-corrected chi connectivity index (χ4v) is 4.47. The number of carbonyl (C=O) groups excluding carboxylic acids is 3. The predicted molar refractivity (Wildman–Crippen MR) is 97.6 cm³/mol. The highest BCUT2D eigenvalue weighted by Gasteiger charge is 2.55. The first-order valence-corrected chi connectivity index (χ1v) is 9.07. The van der Waals surface area contributed by atoms with Crippen molar-refractivity contribution in [3.8, 4) is 5.75 Å². The maximum absolute atomic E-state index is 13.1. The number of benzene rings is 1. The zero-order valence-electron chi connectivity index (χ0n) is 15.4. The van der Waals surface area contributed by atoms with Gasteiger partial charge in [0.1, 0.15) is 11.5 Å². The number of aliphatic hydroxyl groups excluding tert-OH is 2. The van der Waals surface area contributed by atoms with Crippen LogP contribution in [0, 0.1) is 18.8 Å². The number of aryl methyl sites for hydroxylation is 1. The number of hydrogen-bond donors (Lipinski definition) is 5. The number of ketones is 2. The number of carbonyl (C=O) groups is 3. The molecule has 0 unspecified atom stereocenters. The molecule has 0 saturated heterocycles. The van der Waals surface area contributed by atoms with E-state index in [1.54, 1.807) is 13.0 Å². The molecule has 1 aromatic rings. The molecule has 0 aliphatic heterocycles. The van der Waals surface area contributed by atoms with E-state index in [1.807, 2.05) is 0 Å². The van der Waals surface area contributed by atoms with Crippen molar-refractivity contribution in [2.75, 3.05) is 6.61 Å². The van der Waals surface area contributed by atoms with Gasteiger partial charge < -0.3 is 26.2 Å². The molecule has 0 saturated carbocycles. The fourth-order valence-electron chi connectivity index (χ4n) is 4.47. The number of allylic oxidation sites excluding steroid dienone is 1. The summed E-state index contributed by atoms with van der Waals surface area (Å²) in [5, 5.41) is 41.5. The van der Waals surface area contributed by atoms with E-state index in [-0.39, 0.29) is 36.3 Å². The second-order valence-electron chi connectivity index (χ2n) is 7.53. The van der Waals surface area contributed by atoms with Gasteiger partial charge in [0.25, 0.3) is 0 Å². The molecule has 1 aromatic carbocycles. The number of fused-ring (bicyclic) bond motifs is 2. The molecule has 0 heterocycles. The number of aromatic hydroxyl groups is 1. The Morgan fingerprint density at radius 1 is 1.29 bits per heavy atom. The molecule has 0 spiro atoms. The number of aliphatic hydroxyl groups is 3. The summed E-state index contributed by atoms with van der Waals surface area (Å²) in [5.74, 6) is -5.08. The zero-order valence-corrected chi connectivity index (χ0v) is 15.4. The second kappa shape index (κ2) is 7.03. The molecule has 3 atom stereocenters. The molecule has 0 radical (unpaired) electrons. The van der Waals surface area contributed by atoms with Gasteiger partial charge in [-0.2, -0.15) is 0 Å². The van der Waals surface area contributed by atoms with Crippen molar-refractivity contribution in [1.82, 2.24) is 0 Å². The van der Waals surface area contributed by atoms with Gasteiger partial charge in [-0.1, -0.05) is 6.07 Å². The van der Waals surface area contributed by atoms with Crippen LogP contribution in [-0.4, -0.2) is 50.1 Å². The fraction of sp³-hybridized carbons (Fsp3) is 0.450. The van der Waals surface area contributed by atoms with Crippen LogP contribution < -0.4 is 5.73 Å². The van der Waals surface area contributed by atoms with Crippen molar-refractivity contribution in [2.45, 2.75) is 38.2 Å². The molecule has 8 heteroatoms. The molecule has 0 fully saturated rings. The van der Waals surface area contributed by atoms with Gasteiger partial charge in [-0.25, -0.2) is 0 Å². The lowest BCUT2D eigenvalue weighted by Gasteiger charge is -2.43. The van der Waals surface area contributed by atoms with Crippen LogP contribution >= 0.6 is 0 Å². The standard InChI is InChI=1S/C20H23NO7/c1-9-2-3-13(23)17-12(9)7-10-6-11(4-5-22)20(28,14(24)8-15(21)25)19(27)16(10)18(17)26/h2-3,10-11,22-23,27-28H,4-8H2,1H3,(H2,21,25)/t10-,11-,20-/m1/s1. The van der Waals surface area contributed by atoms with Gasteiger partial charge in [0.15, 0.2) is 17.2 Å². The average molecular weight is 389 g/mol. The van der Waals surface area contributed by atoms with E-state index in [2.05, 4.69) is 0 Å². The SMILES string of the molecule is Cc1ccc(O)c2c1C[C@H]1C[C@@H](CCO)[C@@](O)(C(=O)CC(N)=O)C(O)=C1C2=O. The Balaban J connectivity index is 2.19. The number of phenolic OH excluding ortho intramolecular Hbond substituents is 1. The van der Waals surface area contributed by atoms with E-state index in [0.717, 1.165) is 5.56 Å². The molecule has 6 N–H and O–H groups in total. The molecule has 0 bridgehead atoms. The lowest BCUT2D eigenvalue weighted by atomic mass is 9.62. The molecule has 150 valence electrons. The van der Waals surface area contributed by atoms with Crippen LogP contribution in [0.5, 0.6) is 5.75 Å². The molecular weight excluding hydrogens is 366 g/mol. The minimum Gasteiger partial charge on any atom is -0.508 e. The summed E-state index contributed by atoms with van der Waals surface area (Å²) in [5.41, 5.74) is 3.95. The van der Waals surface area contributed by atoms with Crippen LogP contribution in [-0.2, 0) is 16.0 Å². The van der Waals surface area contributed by atoms with Crippen molar-refractivity contribution in [2.24, 2.45) is 17.6 Å². The van der Waals surface area contributed by atoms with Crippen molar-refractivity contribution in [3.63, 3.8) is 0 Å². The van der Waals surface area contributed by atoms with Crippen molar-refractivity contribution < 1.29 is 34.8 Å². The lowest BCUT2D eigenvalue weighted by Crippen LogP contribution is -2.54. The van der Waals surface area contributed by atoms with Gasteiger partial charge in [0, 0.05) is 18.1 Å². The average Bonchev–Trinajstić information content (AvgIpc) is 2.61. The summed E-state index contributed by atoms with van der Waals surface area (Å²) in [7, 11) is 0. The zero-order chi connectivity index (χ0) is 20.8. The number of primary amides is 1. The Labute approximate surface area is 161 Å². The van der Waals surface area contributed by atoms with E-state index in [9.17, 15) is 34.8 Å². The number of amides is 1. The summed E-state index contributed by atoms with van der Waals surface area (Å²) in [6, 6.07) is 3.07. The van der Waals surface area contributed by atoms with Crippen molar-refractivity contribution in [3.05, 3.63) is 40.2 Å². The van der Waals surface area contributed by atoms with Crippen LogP contribution in [0.4, 0.5) is 0 Å². The lowest BCUT2D eigenvalue weighted by molar-refractivity contribution is -0.147. The largest absolute Gasteiger partial charge is 0.508 e. The Kier molecular flexibility index (Phi) is 5.03. The predicted octanol–water partition coefficient (Wildman–Crippen LogP) is 0.446. The number of rotatable bonds is 5. The molecule has 8 nitrogen and oxygen atoms in total. The normalized spacial score (nSPS) is 26.6. The Bertz CT molecular complexity index is 904. The van der Waals surface area contributed by atoms with Crippen LogP contribution in [0.3, 0.4) is 0 Å². The van der Waals surface area contributed by atoms with Crippen molar-refractivity contribution in [1.29, 1.82) is 0 Å². The monoisotopic (exact) mass is 389 g/mol. The third kappa shape index (κ3) is 2.89. The number of hydrogen-bond acceptors (Lipinski definition) is 7. The summed E-state index contributed by atoms with van der Waals surface area (Å²) in [6.45, 7) is 1.46. The third-order valence-electron chi connectivity index (χ3n) is 5.87. The molecule has 28 heavy (non-hydrogen) atoms. The van der Waals surface area contributed by atoms with Crippen LogP contribution in [0.15, 0.2) is 23.5 Å². The Morgan fingerprint density at radius 2 is 1.96 bits per heavy atom. The van der Waals surface area contributed by atoms with E-state index in [1.165, 1.54) is 6.07 Å². The Morgan fingerprint density at radius 3 is 2.57 bits per heavy atom.